The Hall–Kier alpha value is -1.03. The van der Waals surface area contributed by atoms with E-state index in [0.29, 0.717) is 15.7 Å². The van der Waals surface area contributed by atoms with Crippen LogP contribution in [-0.2, 0) is 0 Å². The summed E-state index contributed by atoms with van der Waals surface area (Å²) < 4.78 is 0.684. The number of carbonyl (C=O) groups excluding carboxylic acids is 1. The summed E-state index contributed by atoms with van der Waals surface area (Å²) in [5.41, 5.74) is 7.00. The van der Waals surface area contributed by atoms with E-state index in [9.17, 15) is 4.79 Å². The fraction of sp³-hybridized carbons (Fsp3) is 0.562. The zero-order valence-electron chi connectivity index (χ0n) is 12.0. The average molecular weight is 339 g/mol. The molecule has 1 fully saturated rings. The van der Waals surface area contributed by atoms with Crippen LogP contribution < -0.4 is 11.1 Å². The molecule has 1 aromatic rings. The van der Waals surface area contributed by atoms with Crippen molar-refractivity contribution in [1.82, 2.24) is 5.32 Å². The maximum atomic E-state index is 12.1. The maximum absolute atomic E-state index is 12.1. The molecule has 0 unspecified atom stereocenters. The number of nitrogens with one attached hydrogen (secondary N) is 1. The number of nitrogen functional groups attached to an aromatic ring is 1. The number of hydrogen-bond donors (Lipinski definition) is 2. The number of amides is 1. The molecule has 0 atom stereocenters. The van der Waals surface area contributed by atoms with Crippen molar-refractivity contribution in [3.8, 4) is 0 Å². The molecule has 3 nitrogen and oxygen atoms in total. The molecule has 1 aliphatic rings. The second kappa shape index (κ2) is 7.11. The Labute approximate surface area is 129 Å². The van der Waals surface area contributed by atoms with Gasteiger partial charge < -0.3 is 11.1 Å². The van der Waals surface area contributed by atoms with E-state index in [-0.39, 0.29) is 5.91 Å². The van der Waals surface area contributed by atoms with Crippen molar-refractivity contribution in [1.29, 1.82) is 0 Å². The molecule has 0 aliphatic heterocycles. The van der Waals surface area contributed by atoms with E-state index in [1.54, 1.807) is 18.2 Å². The van der Waals surface area contributed by atoms with Crippen LogP contribution in [0.2, 0.25) is 0 Å². The van der Waals surface area contributed by atoms with E-state index < -0.39 is 0 Å². The summed E-state index contributed by atoms with van der Waals surface area (Å²) in [5.74, 6) is 1.60. The smallest absolute Gasteiger partial charge is 0.252 e. The quantitative estimate of drug-likeness (QED) is 0.816. The van der Waals surface area contributed by atoms with Gasteiger partial charge in [-0.3, -0.25) is 4.79 Å². The van der Waals surface area contributed by atoms with Gasteiger partial charge in [-0.15, -0.1) is 0 Å². The van der Waals surface area contributed by atoms with E-state index in [1.807, 2.05) is 0 Å². The van der Waals surface area contributed by atoms with Crippen LogP contribution in [-0.4, -0.2) is 12.5 Å². The third-order valence-electron chi connectivity index (χ3n) is 4.25. The lowest BCUT2D eigenvalue weighted by Gasteiger charge is -2.26. The monoisotopic (exact) mass is 338 g/mol. The predicted molar refractivity (Wildman–Crippen MR) is 86.6 cm³/mol. The van der Waals surface area contributed by atoms with Crippen LogP contribution >= 0.6 is 15.9 Å². The third kappa shape index (κ3) is 3.98. The lowest BCUT2D eigenvalue weighted by molar-refractivity contribution is 0.0949. The van der Waals surface area contributed by atoms with Crippen molar-refractivity contribution < 1.29 is 4.79 Å². The second-order valence-electron chi connectivity index (χ2n) is 5.88. The largest absolute Gasteiger partial charge is 0.398 e. The molecule has 20 heavy (non-hydrogen) atoms. The topological polar surface area (TPSA) is 55.1 Å². The first-order valence-corrected chi connectivity index (χ1v) is 8.19. The first kappa shape index (κ1) is 15.4. The minimum Gasteiger partial charge on any atom is -0.398 e. The van der Waals surface area contributed by atoms with Gasteiger partial charge in [0.15, 0.2) is 0 Å². The Morgan fingerprint density at radius 1 is 1.35 bits per heavy atom. The molecule has 0 spiro atoms. The lowest BCUT2D eigenvalue weighted by atomic mass is 9.81. The molecule has 1 aliphatic carbocycles. The van der Waals surface area contributed by atoms with Gasteiger partial charge >= 0.3 is 0 Å². The lowest BCUT2D eigenvalue weighted by Crippen LogP contribution is -2.27. The second-order valence-corrected chi connectivity index (χ2v) is 6.67. The standard InChI is InChI=1S/C16H23BrN2O/c1-11-5-7-12(8-6-11)9-10-19-16(20)13-3-2-4-14(18)15(13)17/h2-4,11-12H,5-10,18H2,1H3,(H,19,20). The average Bonchev–Trinajstić information content (AvgIpc) is 2.44. The first-order chi connectivity index (χ1) is 9.58. The number of benzene rings is 1. The highest BCUT2D eigenvalue weighted by atomic mass is 79.9. The van der Waals surface area contributed by atoms with Gasteiger partial charge in [0.05, 0.1) is 10.0 Å². The van der Waals surface area contributed by atoms with Crippen molar-refractivity contribution in [3.05, 3.63) is 28.2 Å². The molecule has 1 amide bonds. The Balaban J connectivity index is 1.79. The van der Waals surface area contributed by atoms with Crippen molar-refractivity contribution in [2.45, 2.75) is 39.0 Å². The number of rotatable bonds is 4. The number of halogens is 1. The SMILES string of the molecule is CC1CCC(CCNC(=O)c2cccc(N)c2Br)CC1. The molecule has 1 aromatic carbocycles. The van der Waals surface area contributed by atoms with Crippen LogP contribution in [0.1, 0.15) is 49.4 Å². The maximum Gasteiger partial charge on any atom is 0.252 e. The number of carbonyl (C=O) groups is 1. The zero-order valence-corrected chi connectivity index (χ0v) is 13.6. The van der Waals surface area contributed by atoms with Crippen LogP contribution in [0.25, 0.3) is 0 Å². The Bertz CT molecular complexity index is 468. The normalized spacial score (nSPS) is 22.5. The highest BCUT2D eigenvalue weighted by Gasteiger charge is 2.18. The van der Waals surface area contributed by atoms with Gasteiger partial charge in [-0.25, -0.2) is 0 Å². The Morgan fingerprint density at radius 2 is 2.05 bits per heavy atom. The molecule has 3 N–H and O–H groups in total. The van der Waals surface area contributed by atoms with Gasteiger partial charge in [0.1, 0.15) is 0 Å². The Morgan fingerprint density at radius 3 is 2.75 bits per heavy atom. The molecule has 4 heteroatoms. The summed E-state index contributed by atoms with van der Waals surface area (Å²) in [7, 11) is 0. The molecule has 0 aromatic heterocycles. The number of anilines is 1. The van der Waals surface area contributed by atoms with E-state index in [4.69, 9.17) is 5.73 Å². The fourth-order valence-corrected chi connectivity index (χ4v) is 3.27. The minimum absolute atomic E-state index is 0.0478. The van der Waals surface area contributed by atoms with E-state index >= 15 is 0 Å². The molecule has 0 radical (unpaired) electrons. The Kier molecular flexibility index (Phi) is 5.46. The number of hydrogen-bond acceptors (Lipinski definition) is 2. The van der Waals surface area contributed by atoms with E-state index in [0.717, 1.165) is 24.8 Å². The van der Waals surface area contributed by atoms with Crippen LogP contribution in [0.15, 0.2) is 22.7 Å². The molecule has 2 rings (SSSR count). The highest BCUT2D eigenvalue weighted by molar-refractivity contribution is 9.10. The summed E-state index contributed by atoms with van der Waals surface area (Å²) in [5, 5.41) is 3.00. The van der Waals surface area contributed by atoms with Gasteiger partial charge in [-0.05, 0) is 46.3 Å². The number of nitrogens with two attached hydrogens (primary N) is 1. The summed E-state index contributed by atoms with van der Waals surface area (Å²) in [6.07, 6.45) is 6.36. The van der Waals surface area contributed by atoms with Gasteiger partial charge in [0, 0.05) is 12.2 Å². The molecule has 0 saturated heterocycles. The predicted octanol–water partition coefficient (Wildman–Crippen LogP) is 3.98. The van der Waals surface area contributed by atoms with Gasteiger partial charge in [-0.2, -0.15) is 0 Å². The van der Waals surface area contributed by atoms with E-state index in [2.05, 4.69) is 28.2 Å². The zero-order chi connectivity index (χ0) is 14.5. The molecular weight excluding hydrogens is 316 g/mol. The van der Waals surface area contributed by atoms with Gasteiger partial charge in [-0.1, -0.05) is 38.7 Å². The van der Waals surface area contributed by atoms with Crippen LogP contribution in [0.3, 0.4) is 0 Å². The minimum atomic E-state index is -0.0478. The van der Waals surface area contributed by atoms with E-state index in [1.165, 1.54) is 25.7 Å². The molecule has 110 valence electrons. The molecule has 0 bridgehead atoms. The summed E-state index contributed by atoms with van der Waals surface area (Å²) in [4.78, 5) is 12.1. The third-order valence-corrected chi connectivity index (χ3v) is 5.13. The van der Waals surface area contributed by atoms with Gasteiger partial charge in [0.25, 0.3) is 5.91 Å². The summed E-state index contributed by atoms with van der Waals surface area (Å²) in [6, 6.07) is 5.37. The van der Waals surface area contributed by atoms with Crippen molar-refractivity contribution in [3.63, 3.8) is 0 Å². The van der Waals surface area contributed by atoms with Crippen LogP contribution in [0, 0.1) is 11.8 Å². The molecule has 1 saturated carbocycles. The van der Waals surface area contributed by atoms with Gasteiger partial charge in [0.2, 0.25) is 0 Å². The summed E-state index contributed by atoms with van der Waals surface area (Å²) >= 11 is 3.37. The first-order valence-electron chi connectivity index (χ1n) is 7.40. The highest BCUT2D eigenvalue weighted by Crippen LogP contribution is 2.30. The molecular formula is C16H23BrN2O. The van der Waals surface area contributed by atoms with Crippen molar-refractivity contribution in [2.24, 2.45) is 11.8 Å². The van der Waals surface area contributed by atoms with Crippen LogP contribution in [0.4, 0.5) is 5.69 Å². The van der Waals surface area contributed by atoms with Crippen molar-refractivity contribution in [2.75, 3.05) is 12.3 Å². The molecule has 0 heterocycles. The summed E-state index contributed by atoms with van der Waals surface area (Å²) in [6.45, 7) is 3.08. The van der Waals surface area contributed by atoms with Crippen molar-refractivity contribution >= 4 is 27.5 Å². The fourth-order valence-electron chi connectivity index (χ4n) is 2.83. The van der Waals surface area contributed by atoms with Crippen LogP contribution in [0.5, 0.6) is 0 Å².